The van der Waals surface area contributed by atoms with E-state index in [4.69, 9.17) is 85.3 Å². The Bertz CT molecular complexity index is 2420. The molecule has 0 aromatic carbocycles. The Hall–Kier alpha value is -1.80. The Morgan fingerprint density at radius 3 is 0.515 bits per heavy atom. The zero-order valence-electron chi connectivity index (χ0n) is 51.8. The maximum Gasteiger partial charge on any atom is 0.187 e. The Morgan fingerprint density at radius 1 is 0.162 bits per heavy atom. The predicted molar refractivity (Wildman–Crippen MR) is 294 cm³/mol. The molecular formula is C54H90O45. The molecule has 27 N–H and O–H groups in total. The number of aliphatic hydroxyl groups excluding tert-OH is 27. The SMILES string of the molecule is OC[C@H]1O[C@H](OC[C@H]2O[C@@H]3O[C@H]4[C@H](O)[C@@H](O)[C@@H](O[C@H]5[C@H](O)[C@@H](O)[C@@H](O[C@H]6[C@H](O)[C@@H](O)[C@@H](O[C@H]7[C@H](O)[C@@H](O)[C@@H](O[C@H]8[C@H](O)[C@@H](O)[C@@H](O[C@H]9[C@H](O)[C@@H](O)[C@@H](O[C@H]2[C@H](O)[C@H]3O)O[C@@H]9CO)O[C@@H]8CO[C@H]2O[C@H](CO)[C@@H](O)[C@H](O)[C@H]2O)O[C@@H]7CO)O[C@@H]6CO)O[C@@H]5CO)O[C@@H]4CO)[C@H](O)[C@@H](O)[C@@H]1O. The number of hydrogen-bond donors (Lipinski definition) is 27. The van der Waals surface area contributed by atoms with Crippen LogP contribution in [0.15, 0.2) is 0 Å². The molecule has 23 heterocycles. The lowest BCUT2D eigenvalue weighted by Gasteiger charge is -2.50. The van der Waals surface area contributed by atoms with Crippen molar-refractivity contribution in [3.8, 4) is 0 Å². The van der Waals surface area contributed by atoms with Gasteiger partial charge in [-0.2, -0.15) is 0 Å². The van der Waals surface area contributed by atoms with Crippen LogP contribution in [0.5, 0.6) is 0 Å². The average Bonchev–Trinajstić information content (AvgIpc) is 0.889. The van der Waals surface area contributed by atoms with Gasteiger partial charge in [-0.3, -0.25) is 0 Å². The van der Waals surface area contributed by atoms with Gasteiger partial charge in [-0.15, -0.1) is 0 Å². The lowest BCUT2D eigenvalue weighted by atomic mass is 9.95. The highest BCUT2D eigenvalue weighted by molar-refractivity contribution is 5.03. The van der Waals surface area contributed by atoms with Crippen molar-refractivity contribution in [3.05, 3.63) is 0 Å². The highest BCUT2D eigenvalue weighted by atomic mass is 16.8. The van der Waals surface area contributed by atoms with Crippen molar-refractivity contribution in [2.75, 3.05) is 59.5 Å². The molecule has 576 valence electrons. The van der Waals surface area contributed by atoms with Crippen LogP contribution in [0.1, 0.15) is 0 Å². The van der Waals surface area contributed by atoms with Crippen LogP contribution in [0, 0.1) is 0 Å². The van der Waals surface area contributed by atoms with Crippen molar-refractivity contribution in [2.24, 2.45) is 0 Å². The molecule has 14 bridgehead atoms. The first-order valence-electron chi connectivity index (χ1n) is 31.6. The van der Waals surface area contributed by atoms with E-state index in [9.17, 15) is 138 Å². The minimum absolute atomic E-state index is 0.948. The van der Waals surface area contributed by atoms with E-state index in [1.54, 1.807) is 0 Å². The van der Waals surface area contributed by atoms with E-state index in [1.165, 1.54) is 0 Å². The molecule has 45 heteroatoms. The normalized spacial score (nSPS) is 55.1. The van der Waals surface area contributed by atoms with Gasteiger partial charge >= 0.3 is 0 Å². The van der Waals surface area contributed by atoms with E-state index in [0.29, 0.717) is 0 Å². The second-order valence-electron chi connectivity index (χ2n) is 25.3. The lowest BCUT2D eigenvalue weighted by Crippen LogP contribution is -2.68. The summed E-state index contributed by atoms with van der Waals surface area (Å²) in [5, 5.41) is 300. The summed E-state index contributed by atoms with van der Waals surface area (Å²) in [6, 6.07) is 0. The molecule has 0 saturated carbocycles. The third-order valence-electron chi connectivity index (χ3n) is 19.0. The van der Waals surface area contributed by atoms with E-state index in [2.05, 4.69) is 0 Å². The molecule has 99 heavy (non-hydrogen) atoms. The van der Waals surface area contributed by atoms with Gasteiger partial charge in [0.15, 0.2) is 56.6 Å². The summed E-state index contributed by atoms with van der Waals surface area (Å²) in [5.74, 6) is 0. The summed E-state index contributed by atoms with van der Waals surface area (Å²) in [6.45, 7) is -9.74. The minimum Gasteiger partial charge on any atom is -0.394 e. The molecule has 45 nitrogen and oxygen atoms in total. The number of hydrogen-bond acceptors (Lipinski definition) is 45. The van der Waals surface area contributed by atoms with Crippen LogP contribution >= 0.6 is 0 Å². The van der Waals surface area contributed by atoms with Crippen molar-refractivity contribution < 1.29 is 223 Å². The third kappa shape index (κ3) is 16.1. The molecule has 23 aliphatic heterocycles. The molecule has 23 saturated heterocycles. The number of ether oxygens (including phenoxy) is 18. The summed E-state index contributed by atoms with van der Waals surface area (Å²) >= 11 is 0. The maximum atomic E-state index is 11.9. The van der Waals surface area contributed by atoms with Gasteiger partial charge in [-0.25, -0.2) is 0 Å². The van der Waals surface area contributed by atoms with Crippen LogP contribution in [-0.4, -0.2) is 474 Å². The van der Waals surface area contributed by atoms with E-state index in [1.807, 2.05) is 0 Å². The second kappa shape index (κ2) is 34.0. The van der Waals surface area contributed by atoms with Crippen molar-refractivity contribution in [3.63, 3.8) is 0 Å². The van der Waals surface area contributed by atoms with E-state index < -0.39 is 336 Å². The topological polar surface area (TPSA) is 712 Å². The first-order valence-corrected chi connectivity index (χ1v) is 31.6. The van der Waals surface area contributed by atoms with Crippen LogP contribution in [0.2, 0.25) is 0 Å². The van der Waals surface area contributed by atoms with Gasteiger partial charge in [-0.05, 0) is 0 Å². The predicted octanol–water partition coefficient (Wildman–Crippen LogP) is -19.6. The van der Waals surface area contributed by atoms with Crippen molar-refractivity contribution >= 4 is 0 Å². The van der Waals surface area contributed by atoms with Gasteiger partial charge in [-0.1, -0.05) is 0 Å². The van der Waals surface area contributed by atoms with Gasteiger partial charge in [0.05, 0.1) is 59.5 Å². The smallest absolute Gasteiger partial charge is 0.187 e. The monoisotopic (exact) mass is 1460 g/mol. The van der Waals surface area contributed by atoms with Crippen LogP contribution in [-0.2, 0) is 85.3 Å². The Balaban J connectivity index is 0.974. The number of aliphatic hydroxyl groups is 27. The standard InChI is InChI=1S/C54H90O45/c55-1-10-19(62)21(64)30(73)46(84-10)82-8-17-44-29(72)38(81)54(92-17)97-43-16(7-61)90-52(36(79)27(43)70)99-45-18(9-83-47-31(74)22(65)20(63)11(2-56)85-47)91-53(37(80)28(45)71)96-42-15(6-60)88-50(34(77)25(42)68)94-40-13(4-58)86-48(32(75)23(40)66)93-39-12(3-57)87-49(33(76)24(39)67)95-41-14(5-59)89-51(98-44)35(78)26(41)69/h10-81H,1-9H2/t10-,11-,12-,13-,14-,15-,16-,17-,18-,19-,20-,21+,22+,23-,24-,25-,26-,27-,28-,29-,30-,31-,32-,33-,34-,35-,36-,37-,38-,39-,40-,41-,42-,43-,44-,45-,46+,47+,48-,49-,50-,51-,52-,53-,54-/m1/s1. The fourth-order valence-electron chi connectivity index (χ4n) is 13.2. The van der Waals surface area contributed by atoms with Crippen LogP contribution in [0.3, 0.4) is 0 Å². The molecule has 0 aromatic heterocycles. The van der Waals surface area contributed by atoms with Gasteiger partial charge in [0.25, 0.3) is 0 Å². The Labute approximate surface area is 558 Å². The molecule has 0 aliphatic carbocycles. The summed E-state index contributed by atoms with van der Waals surface area (Å²) in [4.78, 5) is 0. The molecule has 23 aliphatic rings. The Morgan fingerprint density at radius 2 is 0.333 bits per heavy atom. The van der Waals surface area contributed by atoms with Crippen molar-refractivity contribution in [1.29, 1.82) is 0 Å². The zero-order valence-corrected chi connectivity index (χ0v) is 51.8. The molecule has 0 amide bonds. The fourth-order valence-corrected chi connectivity index (χ4v) is 13.2. The van der Waals surface area contributed by atoms with E-state index >= 15 is 0 Å². The quantitative estimate of drug-likeness (QED) is 0.0814. The minimum atomic E-state index is -2.43. The van der Waals surface area contributed by atoms with Gasteiger partial charge < -0.3 is 223 Å². The average molecular weight is 1460 g/mol. The molecular weight excluding hydrogens is 1370 g/mol. The summed E-state index contributed by atoms with van der Waals surface area (Å²) in [5.41, 5.74) is 0. The van der Waals surface area contributed by atoms with Gasteiger partial charge in [0.1, 0.15) is 220 Å². The van der Waals surface area contributed by atoms with Crippen LogP contribution < -0.4 is 0 Å². The highest BCUT2D eigenvalue weighted by Gasteiger charge is 2.61. The highest BCUT2D eigenvalue weighted by Crippen LogP contribution is 2.40. The van der Waals surface area contributed by atoms with E-state index in [0.717, 1.165) is 0 Å². The summed E-state index contributed by atoms with van der Waals surface area (Å²) < 4.78 is 104. The molecule has 0 unspecified atom stereocenters. The molecule has 23 fully saturated rings. The summed E-state index contributed by atoms with van der Waals surface area (Å²) in [7, 11) is 0. The first-order chi connectivity index (χ1) is 47.1. The van der Waals surface area contributed by atoms with Gasteiger partial charge in [0.2, 0.25) is 0 Å². The third-order valence-corrected chi connectivity index (χ3v) is 19.0. The summed E-state index contributed by atoms with van der Waals surface area (Å²) in [6.07, 6.45) is -95.2. The molecule has 23 rings (SSSR count). The molecule has 0 aromatic rings. The Kier molecular flexibility index (Phi) is 27.4. The number of rotatable bonds is 13. The zero-order chi connectivity index (χ0) is 72.1. The largest absolute Gasteiger partial charge is 0.394 e. The molecule has 0 radical (unpaired) electrons. The molecule has 45 atom stereocenters. The van der Waals surface area contributed by atoms with Crippen molar-refractivity contribution in [2.45, 2.75) is 276 Å². The van der Waals surface area contributed by atoms with Crippen LogP contribution in [0.25, 0.3) is 0 Å². The van der Waals surface area contributed by atoms with Gasteiger partial charge in [0, 0.05) is 0 Å². The second-order valence-corrected chi connectivity index (χ2v) is 25.3. The first kappa shape index (κ1) is 79.8. The van der Waals surface area contributed by atoms with E-state index in [-0.39, 0.29) is 0 Å². The van der Waals surface area contributed by atoms with Crippen molar-refractivity contribution in [1.82, 2.24) is 0 Å². The lowest BCUT2D eigenvalue weighted by molar-refractivity contribution is -0.400. The molecule has 0 spiro atoms. The fraction of sp³-hybridized carbons (Fsp3) is 1.00. The maximum absolute atomic E-state index is 11.9. The van der Waals surface area contributed by atoms with Crippen LogP contribution in [0.4, 0.5) is 0 Å².